The van der Waals surface area contributed by atoms with Crippen LogP contribution < -0.4 is 16.0 Å². The third-order valence-corrected chi connectivity index (χ3v) is 7.66. The summed E-state index contributed by atoms with van der Waals surface area (Å²) in [7, 11) is 0. The van der Waals surface area contributed by atoms with Crippen LogP contribution in [0.2, 0.25) is 5.02 Å². The number of carbonyl (C=O) groups is 3. The summed E-state index contributed by atoms with van der Waals surface area (Å²) < 4.78 is 29.8. The lowest BCUT2D eigenvalue weighted by Crippen LogP contribution is -2.70. The zero-order valence-electron chi connectivity index (χ0n) is 20.0. The topological polar surface area (TPSA) is 114 Å². The van der Waals surface area contributed by atoms with Gasteiger partial charge in [-0.05, 0) is 57.2 Å². The second-order valence-corrected chi connectivity index (χ2v) is 10.4. The van der Waals surface area contributed by atoms with Gasteiger partial charge < -0.3 is 20.9 Å². The number of rotatable bonds is 7. The second kappa shape index (κ2) is 10.6. The minimum Gasteiger partial charge on any atom is -0.374 e. The Labute approximate surface area is 213 Å². The van der Waals surface area contributed by atoms with Crippen LogP contribution in [0.25, 0.3) is 0 Å². The molecule has 5 rings (SSSR count). The zero-order valence-corrected chi connectivity index (χ0v) is 20.7. The van der Waals surface area contributed by atoms with E-state index in [4.69, 9.17) is 11.6 Å². The van der Waals surface area contributed by atoms with Crippen molar-refractivity contribution in [3.05, 3.63) is 29.3 Å². The fraction of sp³-hybridized carbons (Fsp3) is 0.600. The first-order chi connectivity index (χ1) is 17.1. The summed E-state index contributed by atoms with van der Waals surface area (Å²) in [6.45, 7) is 2.18. The van der Waals surface area contributed by atoms with Crippen molar-refractivity contribution in [1.82, 2.24) is 15.5 Å². The molecular weight excluding hydrogens is 492 g/mol. The van der Waals surface area contributed by atoms with Crippen molar-refractivity contribution in [2.24, 2.45) is 11.8 Å². The largest absolute Gasteiger partial charge is 0.374 e. The lowest BCUT2D eigenvalue weighted by Gasteiger charge is -2.54. The van der Waals surface area contributed by atoms with Crippen molar-refractivity contribution in [2.45, 2.75) is 75.5 Å². The van der Waals surface area contributed by atoms with Crippen LogP contribution in [-0.2, 0) is 14.4 Å². The molecule has 11 heteroatoms. The van der Waals surface area contributed by atoms with Crippen molar-refractivity contribution in [2.75, 3.05) is 11.9 Å². The molecule has 0 radical (unpaired) electrons. The Kier molecular flexibility index (Phi) is 7.69. The van der Waals surface area contributed by atoms with E-state index in [2.05, 4.69) is 16.0 Å². The molecule has 36 heavy (non-hydrogen) atoms. The van der Waals surface area contributed by atoms with Crippen LogP contribution in [-0.4, -0.2) is 59.3 Å². The number of nitriles is 1. The molecule has 1 aromatic carbocycles. The van der Waals surface area contributed by atoms with Gasteiger partial charge in [0, 0.05) is 35.6 Å². The number of halogens is 3. The van der Waals surface area contributed by atoms with Crippen LogP contribution in [0, 0.1) is 23.2 Å². The number of piperidine rings is 3. The highest BCUT2D eigenvalue weighted by atomic mass is 35.5. The summed E-state index contributed by atoms with van der Waals surface area (Å²) >= 11 is 6.02. The number of alkyl halides is 2. The minimum atomic E-state index is -3.10. The molecule has 194 valence electrons. The van der Waals surface area contributed by atoms with Gasteiger partial charge in [0.05, 0.1) is 12.0 Å². The fourth-order valence-electron chi connectivity index (χ4n) is 5.68. The van der Waals surface area contributed by atoms with Gasteiger partial charge in [0.2, 0.25) is 17.7 Å². The first kappa shape index (κ1) is 26.1. The quantitative estimate of drug-likeness (QED) is 0.510. The van der Waals surface area contributed by atoms with Gasteiger partial charge in [-0.2, -0.15) is 5.26 Å². The smallest absolute Gasteiger partial charge is 0.255 e. The number of nitrogens with one attached hydrogen (secondary N) is 3. The SMILES string of the molecule is C[C@@H](Nc1cccc(Cl)c1)C(=O)N1[C@H]2CC[C@@H]([C@H]1C(=O)N[C@H](C#N)C[C@H]1CCCNC1=O)C(F)(F)C2. The lowest BCUT2D eigenvalue weighted by atomic mass is 9.71. The first-order valence-corrected chi connectivity index (χ1v) is 12.7. The van der Waals surface area contributed by atoms with E-state index in [1.165, 1.54) is 4.90 Å². The predicted octanol–water partition coefficient (Wildman–Crippen LogP) is 3.08. The van der Waals surface area contributed by atoms with Crippen molar-refractivity contribution < 1.29 is 23.2 Å². The molecule has 3 aliphatic heterocycles. The summed E-state index contributed by atoms with van der Waals surface area (Å²) in [6, 6.07) is 4.74. The average Bonchev–Trinajstić information content (AvgIpc) is 2.83. The third kappa shape index (κ3) is 5.41. The molecule has 4 fully saturated rings. The van der Waals surface area contributed by atoms with Gasteiger partial charge in [0.25, 0.3) is 5.92 Å². The summed E-state index contributed by atoms with van der Waals surface area (Å²) in [5.41, 5.74) is 0.590. The number of hydrogen-bond donors (Lipinski definition) is 3. The van der Waals surface area contributed by atoms with Gasteiger partial charge in [-0.3, -0.25) is 14.4 Å². The summed E-state index contributed by atoms with van der Waals surface area (Å²) in [6.07, 6.45) is 1.43. The molecular formula is C25H30ClF2N5O3. The van der Waals surface area contributed by atoms with Crippen molar-refractivity contribution in [1.29, 1.82) is 5.26 Å². The maximum Gasteiger partial charge on any atom is 0.255 e. The van der Waals surface area contributed by atoms with Crippen LogP contribution >= 0.6 is 11.6 Å². The van der Waals surface area contributed by atoms with E-state index in [0.29, 0.717) is 30.1 Å². The van der Waals surface area contributed by atoms with Gasteiger partial charge in [0.15, 0.2) is 0 Å². The maximum atomic E-state index is 14.9. The minimum absolute atomic E-state index is 0.0892. The Hall–Kier alpha value is -2.93. The molecule has 3 amide bonds. The molecule has 4 aliphatic rings. The molecule has 1 aliphatic carbocycles. The lowest BCUT2D eigenvalue weighted by molar-refractivity contribution is -0.194. The van der Waals surface area contributed by atoms with Gasteiger partial charge in [0.1, 0.15) is 18.1 Å². The van der Waals surface area contributed by atoms with Crippen LogP contribution in [0.4, 0.5) is 14.5 Å². The van der Waals surface area contributed by atoms with Crippen molar-refractivity contribution >= 4 is 35.0 Å². The molecule has 3 saturated heterocycles. The Morgan fingerprint density at radius 1 is 1.33 bits per heavy atom. The Morgan fingerprint density at radius 3 is 2.78 bits per heavy atom. The van der Waals surface area contributed by atoms with E-state index >= 15 is 0 Å². The van der Waals surface area contributed by atoms with E-state index in [1.54, 1.807) is 31.2 Å². The molecule has 8 nitrogen and oxygen atoms in total. The van der Waals surface area contributed by atoms with Gasteiger partial charge in [-0.1, -0.05) is 17.7 Å². The van der Waals surface area contributed by atoms with E-state index < -0.39 is 60.2 Å². The van der Waals surface area contributed by atoms with Crippen LogP contribution in [0.5, 0.6) is 0 Å². The average molecular weight is 522 g/mol. The standard InChI is InChI=1S/C25H30ClF2N5O3/c1-14(31-17-6-2-5-16(26)11-17)24(36)33-19-7-8-20(25(27,28)12-19)21(33)23(35)32-18(13-29)10-15-4-3-9-30-22(15)34/h2,5-6,11,14-15,18-21,31H,3-4,7-10,12H2,1H3,(H,30,34)(H,32,35)/t14-,15-,18+,19+,20+,21+/m1/s1. The van der Waals surface area contributed by atoms with Crippen LogP contribution in [0.15, 0.2) is 24.3 Å². The zero-order chi connectivity index (χ0) is 26.0. The molecule has 2 bridgehead atoms. The number of nitrogens with zero attached hydrogens (tertiary/aromatic N) is 2. The van der Waals surface area contributed by atoms with E-state index in [1.807, 2.05) is 6.07 Å². The predicted molar refractivity (Wildman–Crippen MR) is 129 cm³/mol. The van der Waals surface area contributed by atoms with E-state index in [-0.39, 0.29) is 18.7 Å². The Morgan fingerprint density at radius 2 is 2.11 bits per heavy atom. The number of amides is 3. The highest BCUT2D eigenvalue weighted by molar-refractivity contribution is 6.30. The molecule has 0 aromatic heterocycles. The molecule has 6 atom stereocenters. The summed E-state index contributed by atoms with van der Waals surface area (Å²) in [4.78, 5) is 40.3. The normalized spacial score (nSPS) is 28.4. The molecule has 3 heterocycles. The van der Waals surface area contributed by atoms with Gasteiger partial charge in [-0.15, -0.1) is 0 Å². The first-order valence-electron chi connectivity index (χ1n) is 12.3. The van der Waals surface area contributed by atoms with Crippen molar-refractivity contribution in [3.8, 4) is 6.07 Å². The monoisotopic (exact) mass is 521 g/mol. The number of fused-ring (bicyclic) bond motifs is 3. The summed E-state index contributed by atoms with van der Waals surface area (Å²) in [5.74, 6) is -6.32. The van der Waals surface area contributed by atoms with E-state index in [9.17, 15) is 28.4 Å². The maximum absolute atomic E-state index is 14.9. The van der Waals surface area contributed by atoms with Gasteiger partial charge in [-0.25, -0.2) is 8.78 Å². The second-order valence-electron chi connectivity index (χ2n) is 9.93. The number of benzene rings is 1. The Balaban J connectivity index is 1.52. The molecule has 3 N–H and O–H groups in total. The molecule has 1 saturated carbocycles. The molecule has 0 spiro atoms. The van der Waals surface area contributed by atoms with Crippen molar-refractivity contribution in [3.63, 3.8) is 0 Å². The fourth-order valence-corrected chi connectivity index (χ4v) is 5.87. The highest BCUT2D eigenvalue weighted by Gasteiger charge is 2.60. The molecule has 1 aromatic rings. The summed E-state index contributed by atoms with van der Waals surface area (Å²) in [5, 5.41) is 18.4. The molecule has 0 unspecified atom stereocenters. The highest BCUT2D eigenvalue weighted by Crippen LogP contribution is 2.49. The van der Waals surface area contributed by atoms with E-state index in [0.717, 1.165) is 6.42 Å². The third-order valence-electron chi connectivity index (χ3n) is 7.43. The Bertz CT molecular complexity index is 1060. The number of anilines is 1. The number of carbonyl (C=O) groups excluding carboxylic acids is 3. The number of hydrogen-bond acceptors (Lipinski definition) is 5. The van der Waals surface area contributed by atoms with Gasteiger partial charge >= 0.3 is 0 Å². The van der Waals surface area contributed by atoms with Crippen LogP contribution in [0.1, 0.15) is 45.4 Å². The van der Waals surface area contributed by atoms with Crippen LogP contribution in [0.3, 0.4) is 0 Å².